The van der Waals surface area contributed by atoms with Crippen LogP contribution in [0.25, 0.3) is 0 Å². The standard InChI is InChI=1S/C19H27N5O3/c20-16-2-1-15(11-21-16)22-7-3-14(4-8-22)17(25)24-12-19(13-24)5-9-23(10-6-19)18(26)27/h1-2,11,14H,3-10,12-13H2,(H2,20,21)(H,26,27). The summed E-state index contributed by atoms with van der Waals surface area (Å²) in [5.41, 5.74) is 6.85. The van der Waals surface area contributed by atoms with Crippen molar-refractivity contribution >= 4 is 23.5 Å². The molecule has 1 aromatic heterocycles. The van der Waals surface area contributed by atoms with Crippen LogP contribution in [0.15, 0.2) is 18.3 Å². The first-order chi connectivity index (χ1) is 13.0. The van der Waals surface area contributed by atoms with E-state index in [9.17, 15) is 9.59 Å². The molecule has 0 bridgehead atoms. The molecular weight excluding hydrogens is 346 g/mol. The predicted molar refractivity (Wildman–Crippen MR) is 101 cm³/mol. The topological polar surface area (TPSA) is 103 Å². The highest BCUT2D eigenvalue weighted by molar-refractivity contribution is 5.80. The highest BCUT2D eigenvalue weighted by Gasteiger charge is 2.48. The molecule has 2 amide bonds. The third kappa shape index (κ3) is 3.52. The Labute approximate surface area is 158 Å². The zero-order chi connectivity index (χ0) is 19.0. The van der Waals surface area contributed by atoms with Crippen molar-refractivity contribution < 1.29 is 14.7 Å². The number of aromatic nitrogens is 1. The van der Waals surface area contributed by atoms with E-state index in [1.165, 1.54) is 4.90 Å². The summed E-state index contributed by atoms with van der Waals surface area (Å²) >= 11 is 0. The molecule has 0 saturated carbocycles. The second kappa shape index (κ2) is 6.90. The molecule has 0 radical (unpaired) electrons. The number of nitrogen functional groups attached to an aromatic ring is 1. The van der Waals surface area contributed by atoms with Crippen molar-refractivity contribution in [3.8, 4) is 0 Å². The molecular formula is C19H27N5O3. The first-order valence-corrected chi connectivity index (χ1v) is 9.69. The zero-order valence-corrected chi connectivity index (χ0v) is 15.5. The molecule has 3 fully saturated rings. The monoisotopic (exact) mass is 373 g/mol. The predicted octanol–water partition coefficient (Wildman–Crippen LogP) is 1.48. The van der Waals surface area contributed by atoms with Gasteiger partial charge in [-0.3, -0.25) is 4.79 Å². The number of rotatable bonds is 2. The third-order valence-electron chi connectivity index (χ3n) is 6.44. The molecule has 0 aliphatic carbocycles. The van der Waals surface area contributed by atoms with Gasteiger partial charge in [-0.25, -0.2) is 9.78 Å². The summed E-state index contributed by atoms with van der Waals surface area (Å²) in [6.45, 7) is 4.47. The number of likely N-dealkylation sites (tertiary alicyclic amines) is 2. The normalized spacial score (nSPS) is 22.6. The summed E-state index contributed by atoms with van der Waals surface area (Å²) in [6.07, 6.45) is 4.41. The van der Waals surface area contributed by atoms with Gasteiger partial charge in [0.15, 0.2) is 0 Å². The van der Waals surface area contributed by atoms with Crippen LogP contribution in [0.1, 0.15) is 25.7 Å². The Hall–Kier alpha value is -2.51. The number of pyridine rings is 1. The van der Waals surface area contributed by atoms with Gasteiger partial charge >= 0.3 is 6.09 Å². The van der Waals surface area contributed by atoms with Gasteiger partial charge in [-0.1, -0.05) is 0 Å². The molecule has 3 aliphatic heterocycles. The lowest BCUT2D eigenvalue weighted by Crippen LogP contribution is -2.63. The first-order valence-electron chi connectivity index (χ1n) is 9.69. The lowest BCUT2D eigenvalue weighted by atomic mass is 9.71. The minimum atomic E-state index is -0.833. The van der Waals surface area contributed by atoms with Crippen molar-refractivity contribution in [2.75, 3.05) is 49.9 Å². The quantitative estimate of drug-likeness (QED) is 0.814. The van der Waals surface area contributed by atoms with E-state index < -0.39 is 6.09 Å². The molecule has 3 aliphatic rings. The van der Waals surface area contributed by atoms with Gasteiger partial charge in [-0.2, -0.15) is 0 Å². The average molecular weight is 373 g/mol. The number of carbonyl (C=O) groups excluding carboxylic acids is 1. The largest absolute Gasteiger partial charge is 0.465 e. The molecule has 1 spiro atoms. The van der Waals surface area contributed by atoms with Gasteiger partial charge in [-0.05, 0) is 37.8 Å². The third-order valence-corrected chi connectivity index (χ3v) is 6.44. The van der Waals surface area contributed by atoms with E-state index in [1.54, 1.807) is 6.20 Å². The molecule has 3 saturated heterocycles. The minimum Gasteiger partial charge on any atom is -0.465 e. The van der Waals surface area contributed by atoms with Gasteiger partial charge < -0.3 is 25.5 Å². The van der Waals surface area contributed by atoms with Gasteiger partial charge in [-0.15, -0.1) is 0 Å². The van der Waals surface area contributed by atoms with Crippen LogP contribution >= 0.6 is 0 Å². The minimum absolute atomic E-state index is 0.0967. The molecule has 8 nitrogen and oxygen atoms in total. The zero-order valence-electron chi connectivity index (χ0n) is 15.5. The Kier molecular flexibility index (Phi) is 4.57. The summed E-state index contributed by atoms with van der Waals surface area (Å²) in [7, 11) is 0. The van der Waals surface area contributed by atoms with Crippen molar-refractivity contribution in [3.05, 3.63) is 18.3 Å². The van der Waals surface area contributed by atoms with E-state index in [0.29, 0.717) is 18.9 Å². The number of amides is 2. The number of carbonyl (C=O) groups is 2. The van der Waals surface area contributed by atoms with Crippen LogP contribution in [0.5, 0.6) is 0 Å². The van der Waals surface area contributed by atoms with Crippen LogP contribution in [-0.2, 0) is 4.79 Å². The Morgan fingerprint density at radius 2 is 1.74 bits per heavy atom. The van der Waals surface area contributed by atoms with E-state index in [4.69, 9.17) is 10.8 Å². The van der Waals surface area contributed by atoms with Crippen LogP contribution < -0.4 is 10.6 Å². The number of nitrogens with two attached hydrogens (primary N) is 1. The van der Waals surface area contributed by atoms with Crippen molar-refractivity contribution in [1.29, 1.82) is 0 Å². The molecule has 4 heterocycles. The Bertz CT molecular complexity index is 699. The highest BCUT2D eigenvalue weighted by Crippen LogP contribution is 2.41. The van der Waals surface area contributed by atoms with Crippen molar-refractivity contribution in [1.82, 2.24) is 14.8 Å². The summed E-state index contributed by atoms with van der Waals surface area (Å²) in [5.74, 6) is 0.889. The van der Waals surface area contributed by atoms with E-state index in [0.717, 1.165) is 57.5 Å². The average Bonchev–Trinajstić information content (AvgIpc) is 2.66. The van der Waals surface area contributed by atoms with Crippen molar-refractivity contribution in [2.24, 2.45) is 11.3 Å². The van der Waals surface area contributed by atoms with Crippen molar-refractivity contribution in [2.45, 2.75) is 25.7 Å². The fourth-order valence-corrected chi connectivity index (χ4v) is 4.64. The number of nitrogens with zero attached hydrogens (tertiary/aromatic N) is 4. The second-order valence-electron chi connectivity index (χ2n) is 8.17. The van der Waals surface area contributed by atoms with Crippen LogP contribution in [0.3, 0.4) is 0 Å². The van der Waals surface area contributed by atoms with Gasteiger partial charge in [0.25, 0.3) is 0 Å². The van der Waals surface area contributed by atoms with Crippen LogP contribution in [0.4, 0.5) is 16.3 Å². The van der Waals surface area contributed by atoms with Gasteiger partial charge in [0.05, 0.1) is 11.9 Å². The Balaban J connectivity index is 1.25. The molecule has 3 N–H and O–H groups in total. The molecule has 4 rings (SSSR count). The van der Waals surface area contributed by atoms with Crippen LogP contribution in [0.2, 0.25) is 0 Å². The maximum atomic E-state index is 12.8. The van der Waals surface area contributed by atoms with E-state index in [1.807, 2.05) is 17.0 Å². The van der Waals surface area contributed by atoms with E-state index >= 15 is 0 Å². The lowest BCUT2D eigenvalue weighted by molar-refractivity contribution is -0.151. The number of hydrogen-bond acceptors (Lipinski definition) is 5. The highest BCUT2D eigenvalue weighted by atomic mass is 16.4. The summed E-state index contributed by atoms with van der Waals surface area (Å²) < 4.78 is 0. The fourth-order valence-electron chi connectivity index (χ4n) is 4.64. The smallest absolute Gasteiger partial charge is 0.407 e. The molecule has 146 valence electrons. The van der Waals surface area contributed by atoms with Gasteiger partial charge in [0.1, 0.15) is 5.82 Å². The number of anilines is 2. The Morgan fingerprint density at radius 3 is 2.30 bits per heavy atom. The first kappa shape index (κ1) is 17.9. The number of hydrogen-bond donors (Lipinski definition) is 2. The SMILES string of the molecule is Nc1ccc(N2CCC(C(=O)N3CC4(CCN(C(=O)O)CC4)C3)CC2)cn1. The molecule has 27 heavy (non-hydrogen) atoms. The fraction of sp³-hybridized carbons (Fsp3) is 0.632. The lowest BCUT2D eigenvalue weighted by Gasteiger charge is -2.54. The van der Waals surface area contributed by atoms with Crippen molar-refractivity contribution in [3.63, 3.8) is 0 Å². The van der Waals surface area contributed by atoms with Crippen LogP contribution in [0, 0.1) is 11.3 Å². The molecule has 1 aromatic rings. The summed E-state index contributed by atoms with van der Waals surface area (Å²) in [6, 6.07) is 3.79. The van der Waals surface area contributed by atoms with E-state index in [-0.39, 0.29) is 17.2 Å². The summed E-state index contributed by atoms with van der Waals surface area (Å²) in [4.78, 5) is 33.8. The molecule has 0 atom stereocenters. The van der Waals surface area contributed by atoms with Gasteiger partial charge in [0, 0.05) is 50.6 Å². The number of piperidine rings is 2. The number of carboxylic acid groups (broad SMARTS) is 1. The Morgan fingerprint density at radius 1 is 1.07 bits per heavy atom. The van der Waals surface area contributed by atoms with E-state index in [2.05, 4.69) is 9.88 Å². The molecule has 0 unspecified atom stereocenters. The van der Waals surface area contributed by atoms with Gasteiger partial charge in [0.2, 0.25) is 5.91 Å². The second-order valence-corrected chi connectivity index (χ2v) is 8.17. The maximum absolute atomic E-state index is 12.8. The molecule has 0 aromatic carbocycles. The molecule has 8 heteroatoms. The summed E-state index contributed by atoms with van der Waals surface area (Å²) in [5, 5.41) is 9.07. The van der Waals surface area contributed by atoms with Crippen LogP contribution in [-0.4, -0.2) is 71.2 Å². The maximum Gasteiger partial charge on any atom is 0.407 e.